The first kappa shape index (κ1) is 10.3. The Hall–Kier alpha value is -1.18. The molecular weight excluding hydrogens is 184 g/mol. The average molecular weight is 204 g/mol. The second-order valence-electron chi connectivity index (χ2n) is 4.33. The fourth-order valence-corrected chi connectivity index (χ4v) is 2.25. The molecule has 1 aromatic rings. The predicted molar refractivity (Wildman–Crippen MR) is 66.3 cm³/mol. The summed E-state index contributed by atoms with van der Waals surface area (Å²) in [6, 6.07) is 6.33. The topological polar surface area (TPSA) is 29.3 Å². The number of hydrogen-bond donors (Lipinski definition) is 1. The van der Waals surface area contributed by atoms with Crippen LogP contribution >= 0.6 is 0 Å². The van der Waals surface area contributed by atoms with Gasteiger partial charge in [-0.25, -0.2) is 0 Å². The standard InChI is InChI=1S/C13H20N2/c1-2-3-8-15-9-4-5-11-6-7-12(14)10-13(11)15/h6-7,10H,2-5,8-9,14H2,1H3. The second-order valence-corrected chi connectivity index (χ2v) is 4.33. The number of benzene rings is 1. The molecule has 0 aromatic heterocycles. The molecule has 82 valence electrons. The lowest BCUT2D eigenvalue weighted by Crippen LogP contribution is -2.30. The molecule has 2 heteroatoms. The molecule has 2 nitrogen and oxygen atoms in total. The average Bonchev–Trinajstić information content (AvgIpc) is 2.26. The van der Waals surface area contributed by atoms with Gasteiger partial charge < -0.3 is 10.6 Å². The zero-order chi connectivity index (χ0) is 10.7. The molecule has 1 aliphatic heterocycles. The number of fused-ring (bicyclic) bond motifs is 1. The van der Waals surface area contributed by atoms with Crippen LogP contribution in [0.15, 0.2) is 18.2 Å². The van der Waals surface area contributed by atoms with E-state index in [0.717, 1.165) is 5.69 Å². The molecule has 0 bridgehead atoms. The van der Waals surface area contributed by atoms with Crippen LogP contribution in [0.2, 0.25) is 0 Å². The van der Waals surface area contributed by atoms with Gasteiger partial charge in [-0.15, -0.1) is 0 Å². The van der Waals surface area contributed by atoms with E-state index in [-0.39, 0.29) is 0 Å². The van der Waals surface area contributed by atoms with Gasteiger partial charge >= 0.3 is 0 Å². The summed E-state index contributed by atoms with van der Waals surface area (Å²) in [6.07, 6.45) is 5.02. The molecule has 2 rings (SSSR count). The molecule has 0 spiro atoms. The normalized spacial score (nSPS) is 15.1. The molecule has 0 fully saturated rings. The highest BCUT2D eigenvalue weighted by atomic mass is 15.1. The van der Waals surface area contributed by atoms with E-state index in [4.69, 9.17) is 5.73 Å². The summed E-state index contributed by atoms with van der Waals surface area (Å²) in [4.78, 5) is 2.48. The molecule has 0 saturated carbocycles. The van der Waals surface area contributed by atoms with Gasteiger partial charge in [0.1, 0.15) is 0 Å². The summed E-state index contributed by atoms with van der Waals surface area (Å²) in [5.41, 5.74) is 9.57. The van der Waals surface area contributed by atoms with Crippen LogP contribution in [0.25, 0.3) is 0 Å². The van der Waals surface area contributed by atoms with Crippen LogP contribution in [0.3, 0.4) is 0 Å². The van der Waals surface area contributed by atoms with E-state index in [9.17, 15) is 0 Å². The Morgan fingerprint density at radius 3 is 3.07 bits per heavy atom. The van der Waals surface area contributed by atoms with Crippen molar-refractivity contribution in [2.45, 2.75) is 32.6 Å². The Morgan fingerprint density at radius 2 is 2.27 bits per heavy atom. The molecule has 0 amide bonds. The van der Waals surface area contributed by atoms with Crippen molar-refractivity contribution in [3.63, 3.8) is 0 Å². The lowest BCUT2D eigenvalue weighted by Gasteiger charge is -2.31. The number of nitrogen functional groups attached to an aromatic ring is 1. The predicted octanol–water partition coefficient (Wildman–Crippen LogP) is 2.82. The van der Waals surface area contributed by atoms with Crippen molar-refractivity contribution in [3.05, 3.63) is 23.8 Å². The molecular formula is C13H20N2. The molecule has 1 aromatic carbocycles. The van der Waals surface area contributed by atoms with Gasteiger partial charge in [0.05, 0.1) is 0 Å². The minimum atomic E-state index is 0.886. The van der Waals surface area contributed by atoms with Crippen molar-refractivity contribution in [2.24, 2.45) is 0 Å². The number of aryl methyl sites for hydroxylation is 1. The fourth-order valence-electron chi connectivity index (χ4n) is 2.25. The van der Waals surface area contributed by atoms with Crippen molar-refractivity contribution in [1.82, 2.24) is 0 Å². The third kappa shape index (κ3) is 2.25. The number of anilines is 2. The smallest absolute Gasteiger partial charge is 0.0419 e. The Kier molecular flexibility index (Phi) is 3.14. The highest BCUT2D eigenvalue weighted by Gasteiger charge is 2.15. The molecule has 1 aliphatic rings. The van der Waals surface area contributed by atoms with E-state index in [1.54, 1.807) is 0 Å². The molecule has 1 heterocycles. The van der Waals surface area contributed by atoms with E-state index in [1.165, 1.54) is 50.0 Å². The van der Waals surface area contributed by atoms with Crippen LogP contribution in [0.5, 0.6) is 0 Å². The van der Waals surface area contributed by atoms with Gasteiger partial charge in [-0.1, -0.05) is 19.4 Å². The van der Waals surface area contributed by atoms with Gasteiger partial charge in [-0.2, -0.15) is 0 Å². The van der Waals surface area contributed by atoms with Crippen LogP contribution in [-0.4, -0.2) is 13.1 Å². The van der Waals surface area contributed by atoms with Crippen molar-refractivity contribution >= 4 is 11.4 Å². The summed E-state index contributed by atoms with van der Waals surface area (Å²) in [5, 5.41) is 0. The third-order valence-corrected chi connectivity index (χ3v) is 3.11. The molecule has 2 N–H and O–H groups in total. The first-order valence-electron chi connectivity index (χ1n) is 5.94. The monoisotopic (exact) mass is 204 g/mol. The van der Waals surface area contributed by atoms with Gasteiger partial charge in [0.15, 0.2) is 0 Å². The SMILES string of the molecule is CCCCN1CCCc2ccc(N)cc21. The molecule has 0 saturated heterocycles. The maximum Gasteiger partial charge on any atom is 0.0419 e. The van der Waals surface area contributed by atoms with E-state index < -0.39 is 0 Å². The first-order chi connectivity index (χ1) is 7.31. The number of hydrogen-bond acceptors (Lipinski definition) is 2. The summed E-state index contributed by atoms with van der Waals surface area (Å²) < 4.78 is 0. The van der Waals surface area contributed by atoms with E-state index >= 15 is 0 Å². The Bertz CT molecular complexity index is 333. The maximum atomic E-state index is 5.85. The van der Waals surface area contributed by atoms with Gasteiger partial charge in [-0.05, 0) is 37.0 Å². The minimum Gasteiger partial charge on any atom is -0.399 e. The highest BCUT2D eigenvalue weighted by molar-refractivity contribution is 5.62. The largest absolute Gasteiger partial charge is 0.399 e. The summed E-state index contributed by atoms with van der Waals surface area (Å²) in [7, 11) is 0. The van der Waals surface area contributed by atoms with Gasteiger partial charge in [0.25, 0.3) is 0 Å². The quantitative estimate of drug-likeness (QED) is 0.767. The van der Waals surface area contributed by atoms with Crippen LogP contribution in [-0.2, 0) is 6.42 Å². The van der Waals surface area contributed by atoms with Crippen molar-refractivity contribution in [2.75, 3.05) is 23.7 Å². The minimum absolute atomic E-state index is 0.886. The van der Waals surface area contributed by atoms with Gasteiger partial charge in [0, 0.05) is 24.5 Å². The summed E-state index contributed by atoms with van der Waals surface area (Å²) >= 11 is 0. The first-order valence-corrected chi connectivity index (χ1v) is 5.94. The van der Waals surface area contributed by atoms with Crippen LogP contribution in [0.4, 0.5) is 11.4 Å². The molecule has 0 atom stereocenters. The van der Waals surface area contributed by atoms with Crippen molar-refractivity contribution in [1.29, 1.82) is 0 Å². The van der Waals surface area contributed by atoms with Crippen LogP contribution in [0, 0.1) is 0 Å². The highest BCUT2D eigenvalue weighted by Crippen LogP contribution is 2.29. The fraction of sp³-hybridized carbons (Fsp3) is 0.538. The number of unbranched alkanes of at least 4 members (excludes halogenated alkanes) is 1. The van der Waals surface area contributed by atoms with Gasteiger partial charge in [-0.3, -0.25) is 0 Å². The Morgan fingerprint density at radius 1 is 1.40 bits per heavy atom. The zero-order valence-corrected chi connectivity index (χ0v) is 9.50. The number of nitrogens with zero attached hydrogens (tertiary/aromatic N) is 1. The molecule has 0 unspecified atom stereocenters. The zero-order valence-electron chi connectivity index (χ0n) is 9.50. The number of rotatable bonds is 3. The Labute approximate surface area is 92.1 Å². The molecule has 0 radical (unpaired) electrons. The maximum absolute atomic E-state index is 5.85. The Balaban J connectivity index is 2.20. The van der Waals surface area contributed by atoms with Crippen LogP contribution < -0.4 is 10.6 Å². The lowest BCUT2D eigenvalue weighted by molar-refractivity contribution is 0.659. The van der Waals surface area contributed by atoms with Gasteiger partial charge in [0.2, 0.25) is 0 Å². The second kappa shape index (κ2) is 4.56. The molecule has 15 heavy (non-hydrogen) atoms. The molecule has 0 aliphatic carbocycles. The number of nitrogens with two attached hydrogens (primary N) is 1. The lowest BCUT2D eigenvalue weighted by atomic mass is 10.0. The summed E-state index contributed by atoms with van der Waals surface area (Å²) in [5.74, 6) is 0. The van der Waals surface area contributed by atoms with Crippen molar-refractivity contribution < 1.29 is 0 Å². The van der Waals surface area contributed by atoms with E-state index in [0.29, 0.717) is 0 Å². The van der Waals surface area contributed by atoms with E-state index in [1.807, 2.05) is 6.07 Å². The van der Waals surface area contributed by atoms with Crippen molar-refractivity contribution in [3.8, 4) is 0 Å². The van der Waals surface area contributed by atoms with E-state index in [2.05, 4.69) is 24.0 Å². The van der Waals surface area contributed by atoms with Crippen LogP contribution in [0.1, 0.15) is 31.7 Å². The summed E-state index contributed by atoms with van der Waals surface area (Å²) in [6.45, 7) is 4.60. The third-order valence-electron chi connectivity index (χ3n) is 3.11.